The van der Waals surface area contributed by atoms with Crippen molar-refractivity contribution < 1.29 is 24.1 Å². The summed E-state index contributed by atoms with van der Waals surface area (Å²) in [5.41, 5.74) is 1.15. The highest BCUT2D eigenvalue weighted by molar-refractivity contribution is 5.38. The highest BCUT2D eigenvalue weighted by atomic mass is 19.3. The van der Waals surface area contributed by atoms with Gasteiger partial charge in [0.15, 0.2) is 0 Å². The van der Waals surface area contributed by atoms with Crippen LogP contribution >= 0.6 is 0 Å². The van der Waals surface area contributed by atoms with Gasteiger partial charge in [-0.1, -0.05) is 38.2 Å². The molecule has 3 aliphatic rings. The van der Waals surface area contributed by atoms with Gasteiger partial charge >= 0.3 is 0 Å². The lowest BCUT2D eigenvalue weighted by Crippen LogP contribution is -2.43. The van der Waals surface area contributed by atoms with E-state index in [4.69, 9.17) is 0 Å². The monoisotopic (exact) mass is 452 g/mol. The number of aliphatic hydroxyl groups excluding tert-OH is 2. The van der Waals surface area contributed by atoms with Crippen LogP contribution in [-0.2, 0) is 0 Å². The molecular formula is C27H42F2O3. The van der Waals surface area contributed by atoms with Crippen LogP contribution in [0.15, 0.2) is 35.5 Å². The van der Waals surface area contributed by atoms with E-state index in [-0.39, 0.29) is 17.8 Å². The summed E-state index contributed by atoms with van der Waals surface area (Å²) in [6, 6.07) is 0. The molecule has 3 N–H and O–H groups in total. The third-order valence-corrected chi connectivity index (χ3v) is 8.80. The zero-order valence-electron chi connectivity index (χ0n) is 20.2. The summed E-state index contributed by atoms with van der Waals surface area (Å²) in [5.74, 6) is -2.06. The number of rotatable bonds is 6. The molecule has 0 amide bonds. The summed E-state index contributed by atoms with van der Waals surface area (Å²) < 4.78 is 28.6. The number of hydrogen-bond donors (Lipinski definition) is 3. The normalized spacial score (nSPS) is 37.7. The minimum absolute atomic E-state index is 0.106. The van der Waals surface area contributed by atoms with E-state index in [0.29, 0.717) is 36.7 Å². The zero-order valence-corrected chi connectivity index (χ0v) is 20.2. The summed E-state index contributed by atoms with van der Waals surface area (Å²) in [5, 5.41) is 29.9. The molecule has 3 aliphatic carbocycles. The molecule has 3 saturated carbocycles. The molecule has 182 valence electrons. The fourth-order valence-electron chi connectivity index (χ4n) is 6.60. The Kier molecular flexibility index (Phi) is 7.44. The van der Waals surface area contributed by atoms with E-state index >= 15 is 0 Å². The Hall–Kier alpha value is -1.04. The summed E-state index contributed by atoms with van der Waals surface area (Å²) in [7, 11) is 0. The smallest absolute Gasteiger partial charge is 0.275 e. The molecule has 0 saturated heterocycles. The number of aliphatic hydroxyl groups is 3. The first-order valence-electron chi connectivity index (χ1n) is 12.3. The molecule has 0 radical (unpaired) electrons. The van der Waals surface area contributed by atoms with E-state index in [0.717, 1.165) is 37.7 Å². The van der Waals surface area contributed by atoms with Crippen LogP contribution in [0.5, 0.6) is 0 Å². The van der Waals surface area contributed by atoms with Crippen LogP contribution in [0.4, 0.5) is 8.78 Å². The molecule has 3 fully saturated rings. The number of halogens is 2. The van der Waals surface area contributed by atoms with Crippen molar-refractivity contribution in [3.8, 4) is 0 Å². The Bertz CT molecular complexity index is 763. The minimum Gasteiger partial charge on any atom is -0.393 e. The maximum absolute atomic E-state index is 14.3. The van der Waals surface area contributed by atoms with Gasteiger partial charge in [0.25, 0.3) is 5.92 Å². The van der Waals surface area contributed by atoms with Crippen molar-refractivity contribution in [2.24, 2.45) is 23.2 Å². The summed E-state index contributed by atoms with van der Waals surface area (Å²) >= 11 is 0. The quantitative estimate of drug-likeness (QED) is 0.467. The Labute approximate surface area is 192 Å². The highest BCUT2D eigenvalue weighted by Crippen LogP contribution is 2.60. The summed E-state index contributed by atoms with van der Waals surface area (Å²) in [4.78, 5) is 0. The highest BCUT2D eigenvalue weighted by Gasteiger charge is 2.51. The molecule has 3 nitrogen and oxygen atoms in total. The molecule has 32 heavy (non-hydrogen) atoms. The van der Waals surface area contributed by atoms with Crippen LogP contribution in [0, 0.1) is 23.2 Å². The van der Waals surface area contributed by atoms with E-state index < -0.39 is 23.7 Å². The molecule has 3 rings (SSSR count). The Balaban J connectivity index is 1.73. The van der Waals surface area contributed by atoms with Crippen molar-refractivity contribution in [1.82, 2.24) is 0 Å². The van der Waals surface area contributed by atoms with Gasteiger partial charge in [-0.3, -0.25) is 0 Å². The first-order chi connectivity index (χ1) is 14.8. The fraction of sp³-hybridized carbons (Fsp3) is 0.778. The van der Waals surface area contributed by atoms with E-state index in [1.165, 1.54) is 19.4 Å². The standard InChI is InChI=1S/C27H42F2O3/c1-17(12-14-27(28,29)25(3,4)32)22-10-11-23-19(7-6-13-26(22,23)5)8-9-20-15-21(30)16-24(31)18(20)2/h8-9,17,21-24,30-32H,2,6-7,10-16H2,1,3-5H3/b19-8+,20-9-/t17-,21-,22-,23-,24+,26-/m1/s1. The minimum atomic E-state index is -3.08. The number of fused-ring (bicyclic) bond motifs is 1. The number of hydrogen-bond acceptors (Lipinski definition) is 3. The van der Waals surface area contributed by atoms with Crippen molar-refractivity contribution in [3.05, 3.63) is 35.5 Å². The van der Waals surface area contributed by atoms with Crippen molar-refractivity contribution in [2.45, 2.75) is 109 Å². The molecule has 6 atom stereocenters. The first-order valence-corrected chi connectivity index (χ1v) is 12.3. The van der Waals surface area contributed by atoms with E-state index in [2.05, 4.69) is 26.5 Å². The Morgan fingerprint density at radius 1 is 1.22 bits per heavy atom. The van der Waals surface area contributed by atoms with Gasteiger partial charge in [0, 0.05) is 12.8 Å². The number of alkyl halides is 2. The van der Waals surface area contributed by atoms with Crippen molar-refractivity contribution in [3.63, 3.8) is 0 Å². The first kappa shape index (κ1) is 25.6. The second-order valence-corrected chi connectivity index (χ2v) is 11.4. The molecule has 0 aromatic heterocycles. The van der Waals surface area contributed by atoms with Crippen LogP contribution in [0.25, 0.3) is 0 Å². The molecule has 0 bridgehead atoms. The lowest BCUT2D eigenvalue weighted by molar-refractivity contribution is -0.168. The predicted octanol–water partition coefficient (Wildman–Crippen LogP) is 5.95. The molecule has 0 unspecified atom stereocenters. The molecule has 0 spiro atoms. The van der Waals surface area contributed by atoms with Gasteiger partial charge in [-0.2, -0.15) is 0 Å². The van der Waals surface area contributed by atoms with E-state index in [1.54, 1.807) is 0 Å². The average Bonchev–Trinajstić information content (AvgIpc) is 3.04. The predicted molar refractivity (Wildman–Crippen MR) is 124 cm³/mol. The average molecular weight is 453 g/mol. The van der Waals surface area contributed by atoms with Gasteiger partial charge in [-0.15, -0.1) is 0 Å². The molecule has 0 aromatic rings. The van der Waals surface area contributed by atoms with Gasteiger partial charge in [0.1, 0.15) is 5.60 Å². The fourth-order valence-corrected chi connectivity index (χ4v) is 6.60. The van der Waals surface area contributed by atoms with Gasteiger partial charge in [-0.25, -0.2) is 8.78 Å². The third kappa shape index (κ3) is 5.05. The largest absolute Gasteiger partial charge is 0.393 e. The van der Waals surface area contributed by atoms with Crippen molar-refractivity contribution in [1.29, 1.82) is 0 Å². The Morgan fingerprint density at radius 3 is 2.56 bits per heavy atom. The Morgan fingerprint density at radius 2 is 1.91 bits per heavy atom. The van der Waals surface area contributed by atoms with Gasteiger partial charge in [-0.05, 0) is 93.1 Å². The topological polar surface area (TPSA) is 60.7 Å². The van der Waals surface area contributed by atoms with Crippen LogP contribution in [-0.4, -0.2) is 39.1 Å². The van der Waals surface area contributed by atoms with Gasteiger partial charge in [0.2, 0.25) is 0 Å². The van der Waals surface area contributed by atoms with Crippen LogP contribution in [0.3, 0.4) is 0 Å². The van der Waals surface area contributed by atoms with E-state index in [9.17, 15) is 24.1 Å². The maximum atomic E-state index is 14.3. The zero-order chi connectivity index (χ0) is 23.9. The molecular weight excluding hydrogens is 410 g/mol. The SMILES string of the molecule is C=C1/C(=C\C=C2/CCC[C@@]3(C)[C@@H]2CC[C@@H]3[C@H](C)CCC(F)(F)C(C)(C)O)C[C@@H](O)C[C@@H]1O. The molecule has 0 heterocycles. The summed E-state index contributed by atoms with van der Waals surface area (Å²) in [6.45, 7) is 10.8. The maximum Gasteiger partial charge on any atom is 0.275 e. The number of allylic oxidation sites excluding steroid dienone is 3. The lowest BCUT2D eigenvalue weighted by atomic mass is 9.60. The second-order valence-electron chi connectivity index (χ2n) is 11.4. The third-order valence-electron chi connectivity index (χ3n) is 8.80. The van der Waals surface area contributed by atoms with Crippen LogP contribution in [0.2, 0.25) is 0 Å². The molecule has 0 aromatic carbocycles. The van der Waals surface area contributed by atoms with Crippen molar-refractivity contribution >= 4 is 0 Å². The lowest BCUT2D eigenvalue weighted by Gasteiger charge is -2.44. The van der Waals surface area contributed by atoms with Gasteiger partial charge < -0.3 is 15.3 Å². The van der Waals surface area contributed by atoms with Crippen molar-refractivity contribution in [2.75, 3.05) is 0 Å². The van der Waals surface area contributed by atoms with E-state index in [1.807, 2.05) is 6.08 Å². The van der Waals surface area contributed by atoms with Crippen LogP contribution < -0.4 is 0 Å². The second kappa shape index (κ2) is 9.31. The van der Waals surface area contributed by atoms with Crippen LogP contribution in [0.1, 0.15) is 85.5 Å². The summed E-state index contributed by atoms with van der Waals surface area (Å²) in [6.07, 6.45) is 9.40. The molecule has 5 heteroatoms. The van der Waals surface area contributed by atoms with Gasteiger partial charge in [0.05, 0.1) is 12.2 Å². The molecule has 0 aliphatic heterocycles.